The van der Waals surface area contributed by atoms with Crippen LogP contribution in [-0.2, 0) is 0 Å². The van der Waals surface area contributed by atoms with Crippen molar-refractivity contribution in [2.24, 2.45) is 5.92 Å². The highest BCUT2D eigenvalue weighted by atomic mass is 16.6. The number of ether oxygens (including phenoxy) is 1. The molecule has 0 radical (unpaired) electrons. The fourth-order valence-corrected chi connectivity index (χ4v) is 2.15. The van der Waals surface area contributed by atoms with E-state index in [0.29, 0.717) is 23.4 Å². The molecule has 0 unspecified atom stereocenters. The molecule has 1 aromatic carbocycles. The Morgan fingerprint density at radius 1 is 1.47 bits per heavy atom. The maximum absolute atomic E-state index is 11.0. The van der Waals surface area contributed by atoms with E-state index in [1.165, 1.54) is 13.2 Å². The van der Waals surface area contributed by atoms with Crippen molar-refractivity contribution in [3.05, 3.63) is 28.3 Å². The maximum Gasteiger partial charge on any atom is 0.296 e. The summed E-state index contributed by atoms with van der Waals surface area (Å²) in [5.41, 5.74) is 0.650. The van der Waals surface area contributed by atoms with Gasteiger partial charge >= 0.3 is 0 Å². The Bertz CT molecular complexity index is 428. The highest BCUT2D eigenvalue weighted by Gasteiger charge is 2.27. The lowest BCUT2D eigenvalue weighted by Gasteiger charge is -2.33. The Morgan fingerprint density at radius 2 is 2.18 bits per heavy atom. The minimum Gasteiger partial charge on any atom is -0.496 e. The molecule has 0 aliphatic heterocycles. The molecular formula is C12H16N2O3. The molecule has 1 N–H and O–H groups in total. The molecule has 0 atom stereocenters. The third-order valence-corrected chi connectivity index (χ3v) is 3.13. The Kier molecular flexibility index (Phi) is 3.17. The SMILES string of the molecule is COc1ccc(NC2CC(C)C2)c([N+](=O)[O-])c1. The van der Waals surface area contributed by atoms with Crippen LogP contribution in [0, 0.1) is 16.0 Å². The Balaban J connectivity index is 2.17. The van der Waals surface area contributed by atoms with Crippen LogP contribution in [0.4, 0.5) is 11.4 Å². The fraction of sp³-hybridized carbons (Fsp3) is 0.500. The van der Waals surface area contributed by atoms with Crippen LogP contribution in [0.25, 0.3) is 0 Å². The molecule has 1 saturated carbocycles. The van der Waals surface area contributed by atoms with Crippen LogP contribution >= 0.6 is 0 Å². The molecule has 1 fully saturated rings. The summed E-state index contributed by atoms with van der Waals surface area (Å²) < 4.78 is 4.99. The van der Waals surface area contributed by atoms with E-state index in [2.05, 4.69) is 12.2 Å². The first kappa shape index (κ1) is 11.7. The number of hydrogen-bond donors (Lipinski definition) is 1. The second kappa shape index (κ2) is 4.61. The average Bonchev–Trinajstić information content (AvgIpc) is 2.27. The second-order valence-corrected chi connectivity index (χ2v) is 4.56. The first-order valence-electron chi connectivity index (χ1n) is 5.69. The lowest BCUT2D eigenvalue weighted by molar-refractivity contribution is -0.384. The monoisotopic (exact) mass is 236 g/mol. The summed E-state index contributed by atoms with van der Waals surface area (Å²) in [6.45, 7) is 2.18. The lowest BCUT2D eigenvalue weighted by Crippen LogP contribution is -2.33. The third kappa shape index (κ3) is 2.49. The van der Waals surface area contributed by atoms with Gasteiger partial charge in [-0.25, -0.2) is 0 Å². The van der Waals surface area contributed by atoms with E-state index >= 15 is 0 Å². The summed E-state index contributed by atoms with van der Waals surface area (Å²) in [4.78, 5) is 10.6. The van der Waals surface area contributed by atoms with Crippen molar-refractivity contribution in [2.45, 2.75) is 25.8 Å². The van der Waals surface area contributed by atoms with E-state index in [-0.39, 0.29) is 10.6 Å². The molecule has 5 nitrogen and oxygen atoms in total. The molecule has 0 bridgehead atoms. The summed E-state index contributed by atoms with van der Waals surface area (Å²) in [5.74, 6) is 1.22. The predicted octanol–water partition coefficient (Wildman–Crippen LogP) is 2.81. The first-order valence-corrected chi connectivity index (χ1v) is 5.69. The molecule has 0 amide bonds. The molecule has 0 saturated heterocycles. The number of nitro benzene ring substituents is 1. The average molecular weight is 236 g/mol. The van der Waals surface area contributed by atoms with E-state index in [9.17, 15) is 10.1 Å². The molecule has 17 heavy (non-hydrogen) atoms. The van der Waals surface area contributed by atoms with Gasteiger partial charge in [0.05, 0.1) is 18.1 Å². The number of anilines is 1. The molecule has 0 aromatic heterocycles. The van der Waals surface area contributed by atoms with E-state index in [1.54, 1.807) is 12.1 Å². The summed E-state index contributed by atoms with van der Waals surface area (Å²) in [7, 11) is 1.50. The fourth-order valence-electron chi connectivity index (χ4n) is 2.15. The zero-order valence-corrected chi connectivity index (χ0v) is 9.97. The van der Waals surface area contributed by atoms with E-state index < -0.39 is 0 Å². The first-order chi connectivity index (χ1) is 8.10. The van der Waals surface area contributed by atoms with Crippen LogP contribution in [-0.4, -0.2) is 18.1 Å². The highest BCUT2D eigenvalue weighted by molar-refractivity contribution is 5.64. The topological polar surface area (TPSA) is 64.4 Å². The van der Waals surface area contributed by atoms with Crippen LogP contribution in [0.2, 0.25) is 0 Å². The van der Waals surface area contributed by atoms with Gasteiger partial charge in [-0.1, -0.05) is 6.92 Å². The molecule has 1 aliphatic rings. The molecule has 92 valence electrons. The Morgan fingerprint density at radius 3 is 2.71 bits per heavy atom. The van der Waals surface area contributed by atoms with Gasteiger partial charge in [0.2, 0.25) is 0 Å². The zero-order valence-electron chi connectivity index (χ0n) is 9.97. The van der Waals surface area contributed by atoms with Crippen LogP contribution in [0.1, 0.15) is 19.8 Å². The predicted molar refractivity (Wildman–Crippen MR) is 65.5 cm³/mol. The smallest absolute Gasteiger partial charge is 0.296 e. The molecule has 0 heterocycles. The maximum atomic E-state index is 11.0. The third-order valence-electron chi connectivity index (χ3n) is 3.13. The molecule has 1 aromatic rings. The van der Waals surface area contributed by atoms with Crippen molar-refractivity contribution < 1.29 is 9.66 Å². The molecule has 2 rings (SSSR count). The number of nitrogens with zero attached hydrogens (tertiary/aromatic N) is 1. The molecule has 5 heteroatoms. The number of benzene rings is 1. The van der Waals surface area contributed by atoms with Gasteiger partial charge < -0.3 is 10.1 Å². The van der Waals surface area contributed by atoms with Gasteiger partial charge in [-0.15, -0.1) is 0 Å². The summed E-state index contributed by atoms with van der Waals surface area (Å²) in [6, 6.07) is 5.25. The number of rotatable bonds is 4. The lowest BCUT2D eigenvalue weighted by atomic mass is 9.82. The van der Waals surface area contributed by atoms with Crippen molar-refractivity contribution in [3.8, 4) is 5.75 Å². The standard InChI is InChI=1S/C12H16N2O3/c1-8-5-9(6-8)13-11-4-3-10(17-2)7-12(11)14(15)16/h3-4,7-9,13H,5-6H2,1-2H3. The number of nitrogens with one attached hydrogen (secondary N) is 1. The van der Waals surface area contributed by atoms with Crippen LogP contribution in [0.5, 0.6) is 5.75 Å². The normalized spacial score (nSPS) is 22.7. The second-order valence-electron chi connectivity index (χ2n) is 4.56. The quantitative estimate of drug-likeness (QED) is 0.645. The van der Waals surface area contributed by atoms with Crippen molar-refractivity contribution in [2.75, 3.05) is 12.4 Å². The van der Waals surface area contributed by atoms with Gasteiger partial charge in [0.1, 0.15) is 11.4 Å². The summed E-state index contributed by atoms with van der Waals surface area (Å²) in [6.07, 6.45) is 2.15. The van der Waals surface area contributed by atoms with Gasteiger partial charge in [0.25, 0.3) is 5.69 Å². The molecule has 1 aliphatic carbocycles. The number of hydrogen-bond acceptors (Lipinski definition) is 4. The van der Waals surface area contributed by atoms with Gasteiger partial charge in [-0.3, -0.25) is 10.1 Å². The van der Waals surface area contributed by atoms with E-state index in [1.807, 2.05) is 0 Å². The van der Waals surface area contributed by atoms with Gasteiger partial charge in [0, 0.05) is 6.04 Å². The summed E-state index contributed by atoms with van der Waals surface area (Å²) in [5, 5.41) is 14.2. The van der Waals surface area contributed by atoms with Crippen molar-refractivity contribution in [1.29, 1.82) is 0 Å². The molecular weight excluding hydrogens is 220 g/mol. The van der Waals surface area contributed by atoms with Gasteiger partial charge in [0.15, 0.2) is 0 Å². The number of methoxy groups -OCH3 is 1. The Hall–Kier alpha value is -1.78. The van der Waals surface area contributed by atoms with Crippen molar-refractivity contribution in [1.82, 2.24) is 0 Å². The summed E-state index contributed by atoms with van der Waals surface area (Å²) >= 11 is 0. The van der Waals surface area contributed by atoms with Gasteiger partial charge in [-0.2, -0.15) is 0 Å². The van der Waals surface area contributed by atoms with E-state index in [4.69, 9.17) is 4.74 Å². The molecule has 0 spiro atoms. The highest BCUT2D eigenvalue weighted by Crippen LogP contribution is 2.34. The number of nitro groups is 1. The van der Waals surface area contributed by atoms with Crippen LogP contribution in [0.3, 0.4) is 0 Å². The Labute approximate surface area is 99.9 Å². The van der Waals surface area contributed by atoms with Crippen molar-refractivity contribution in [3.63, 3.8) is 0 Å². The van der Waals surface area contributed by atoms with E-state index in [0.717, 1.165) is 12.8 Å². The van der Waals surface area contributed by atoms with Crippen LogP contribution in [0.15, 0.2) is 18.2 Å². The van der Waals surface area contributed by atoms with Crippen LogP contribution < -0.4 is 10.1 Å². The van der Waals surface area contributed by atoms with Gasteiger partial charge in [-0.05, 0) is 30.9 Å². The minimum absolute atomic E-state index is 0.0731. The largest absolute Gasteiger partial charge is 0.496 e. The van der Waals surface area contributed by atoms with Crippen molar-refractivity contribution >= 4 is 11.4 Å². The minimum atomic E-state index is -0.382. The zero-order chi connectivity index (χ0) is 12.4.